The molecule has 0 amide bonds. The fraction of sp³-hybridized carbons (Fsp3) is 0.250. The van der Waals surface area contributed by atoms with Crippen LogP contribution in [0.15, 0.2) is 48.5 Å². The summed E-state index contributed by atoms with van der Waals surface area (Å²) in [6.07, 6.45) is 2.27. The Kier molecular flexibility index (Phi) is 8.32. The molecule has 0 aliphatic carbocycles. The van der Waals surface area contributed by atoms with Gasteiger partial charge in [0.1, 0.15) is 21.6 Å². The van der Waals surface area contributed by atoms with Crippen molar-refractivity contribution in [3.8, 4) is 6.07 Å². The van der Waals surface area contributed by atoms with Crippen LogP contribution >= 0.6 is 22.7 Å². The third-order valence-electron chi connectivity index (χ3n) is 4.91. The minimum Gasteiger partial charge on any atom is -0.299 e. The summed E-state index contributed by atoms with van der Waals surface area (Å²) in [6, 6.07) is 17.7. The van der Waals surface area contributed by atoms with Crippen molar-refractivity contribution in [2.24, 2.45) is 0 Å². The van der Waals surface area contributed by atoms with Crippen molar-refractivity contribution in [2.75, 3.05) is 0 Å². The third kappa shape index (κ3) is 7.05. The number of nitrogens with zero attached hydrogens (tertiary/aromatic N) is 6. The number of thiazole rings is 2. The first kappa shape index (κ1) is 24.3. The van der Waals surface area contributed by atoms with Crippen molar-refractivity contribution in [2.45, 2.75) is 38.5 Å². The van der Waals surface area contributed by atoms with E-state index in [1.54, 1.807) is 22.7 Å². The van der Waals surface area contributed by atoms with Crippen LogP contribution in [0.3, 0.4) is 0 Å². The van der Waals surface area contributed by atoms with Gasteiger partial charge in [0.15, 0.2) is 5.82 Å². The van der Waals surface area contributed by atoms with Gasteiger partial charge in [-0.05, 0) is 24.3 Å². The zero-order valence-corrected chi connectivity index (χ0v) is 20.3. The number of benzene rings is 2. The molecule has 0 spiro atoms. The SMILES string of the molecule is N#CCCC(=O)Cc1nc2ccccc2s1.O=C(CCc1nn[nH]n1)Cc1nc2ccccc2s1. The molecule has 0 saturated heterocycles. The van der Waals surface area contributed by atoms with E-state index < -0.39 is 0 Å². The average molecular weight is 504 g/mol. The molecule has 3 heterocycles. The molecular weight excluding hydrogens is 482 g/mol. The van der Waals surface area contributed by atoms with Gasteiger partial charge in [0, 0.05) is 25.7 Å². The Labute approximate surface area is 208 Å². The number of H-pyrrole nitrogens is 1. The molecular formula is C24H21N7O2S2. The third-order valence-corrected chi connectivity index (χ3v) is 6.98. The minimum atomic E-state index is 0.0839. The summed E-state index contributed by atoms with van der Waals surface area (Å²) in [4.78, 5) is 32.1. The first-order valence-electron chi connectivity index (χ1n) is 10.9. The molecule has 0 saturated carbocycles. The Morgan fingerprint density at radius 1 is 0.857 bits per heavy atom. The number of aromatic nitrogens is 6. The number of nitrogens with one attached hydrogen (secondary N) is 1. The van der Waals surface area contributed by atoms with Crippen LogP contribution in [0.1, 0.15) is 35.1 Å². The zero-order chi connectivity index (χ0) is 24.5. The van der Waals surface area contributed by atoms with Gasteiger partial charge in [0.2, 0.25) is 0 Å². The van der Waals surface area contributed by atoms with E-state index in [4.69, 9.17) is 5.26 Å². The van der Waals surface area contributed by atoms with Crippen molar-refractivity contribution < 1.29 is 9.59 Å². The number of fused-ring (bicyclic) bond motifs is 2. The second-order valence-electron chi connectivity index (χ2n) is 7.57. The van der Waals surface area contributed by atoms with Gasteiger partial charge in [-0.1, -0.05) is 29.5 Å². The van der Waals surface area contributed by atoms with Crippen molar-refractivity contribution in [3.05, 3.63) is 64.4 Å². The van der Waals surface area contributed by atoms with Crippen LogP contribution in [-0.2, 0) is 28.9 Å². The molecule has 0 aliphatic rings. The summed E-state index contributed by atoms with van der Waals surface area (Å²) in [5.41, 5.74) is 1.89. The largest absolute Gasteiger partial charge is 0.299 e. The van der Waals surface area contributed by atoms with Crippen LogP contribution in [0.25, 0.3) is 20.4 Å². The van der Waals surface area contributed by atoms with Crippen LogP contribution in [0.5, 0.6) is 0 Å². The number of rotatable bonds is 9. The van der Waals surface area contributed by atoms with Gasteiger partial charge < -0.3 is 0 Å². The molecule has 11 heteroatoms. The molecule has 0 aliphatic heterocycles. The monoisotopic (exact) mass is 503 g/mol. The summed E-state index contributed by atoms with van der Waals surface area (Å²) >= 11 is 3.11. The number of nitriles is 1. The van der Waals surface area contributed by atoms with Gasteiger partial charge in [-0.15, -0.1) is 32.9 Å². The molecule has 5 rings (SSSR count). The van der Waals surface area contributed by atoms with E-state index in [2.05, 4.69) is 30.6 Å². The van der Waals surface area contributed by atoms with E-state index in [0.717, 1.165) is 30.4 Å². The van der Waals surface area contributed by atoms with E-state index in [9.17, 15) is 9.59 Å². The highest BCUT2D eigenvalue weighted by atomic mass is 32.1. The highest BCUT2D eigenvalue weighted by molar-refractivity contribution is 7.19. The smallest absolute Gasteiger partial charge is 0.174 e. The fourth-order valence-electron chi connectivity index (χ4n) is 3.24. The summed E-state index contributed by atoms with van der Waals surface area (Å²) in [5, 5.41) is 23.5. The number of aromatic amines is 1. The molecule has 5 aromatic rings. The molecule has 0 unspecified atom stereocenters. The van der Waals surface area contributed by atoms with Gasteiger partial charge in [-0.2, -0.15) is 10.5 Å². The number of carbonyl (C=O) groups is 2. The first-order valence-corrected chi connectivity index (χ1v) is 12.6. The number of carbonyl (C=O) groups excluding carboxylic acids is 2. The number of Topliss-reactive ketones (excluding diaryl/α,β-unsaturated/α-hetero) is 2. The molecule has 3 aromatic heterocycles. The lowest BCUT2D eigenvalue weighted by atomic mass is 10.1. The fourth-order valence-corrected chi connectivity index (χ4v) is 5.23. The lowest BCUT2D eigenvalue weighted by Crippen LogP contribution is -2.04. The van der Waals surface area contributed by atoms with Crippen molar-refractivity contribution >= 4 is 54.7 Å². The summed E-state index contributed by atoms with van der Waals surface area (Å²) in [7, 11) is 0. The van der Waals surface area contributed by atoms with Crippen molar-refractivity contribution in [1.29, 1.82) is 5.26 Å². The van der Waals surface area contributed by atoms with Crippen LogP contribution in [0, 0.1) is 11.3 Å². The van der Waals surface area contributed by atoms with Crippen molar-refractivity contribution in [3.63, 3.8) is 0 Å². The van der Waals surface area contributed by atoms with E-state index >= 15 is 0 Å². The molecule has 2 aromatic carbocycles. The van der Waals surface area contributed by atoms with Crippen LogP contribution in [-0.4, -0.2) is 42.2 Å². The molecule has 0 fully saturated rings. The maximum Gasteiger partial charge on any atom is 0.174 e. The maximum atomic E-state index is 11.9. The van der Waals surface area contributed by atoms with Crippen molar-refractivity contribution in [1.82, 2.24) is 30.6 Å². The highest BCUT2D eigenvalue weighted by Crippen LogP contribution is 2.23. The van der Waals surface area contributed by atoms with E-state index in [1.165, 1.54) is 0 Å². The molecule has 0 radical (unpaired) electrons. The minimum absolute atomic E-state index is 0.0839. The summed E-state index contributed by atoms with van der Waals surface area (Å²) < 4.78 is 2.22. The standard InChI is InChI=1S/C12H11N5OS.C12H10N2OS/c18-8(5-6-11-14-16-17-15-11)7-12-13-9-3-1-2-4-10(9)19-12;13-7-3-4-9(15)8-12-14-10-5-1-2-6-11(10)16-12/h1-4H,5-7H2,(H,14,15,16,17);1-2,5-6H,3-4,8H2. The maximum absolute atomic E-state index is 11.9. The van der Waals surface area contributed by atoms with E-state index in [1.807, 2.05) is 54.6 Å². The lowest BCUT2D eigenvalue weighted by Gasteiger charge is -1.94. The number of aryl methyl sites for hydroxylation is 1. The normalized spacial score (nSPS) is 10.6. The topological polar surface area (TPSA) is 138 Å². The number of tetrazole rings is 1. The van der Waals surface area contributed by atoms with Gasteiger partial charge >= 0.3 is 0 Å². The first-order chi connectivity index (χ1) is 17.1. The van der Waals surface area contributed by atoms with Crippen LogP contribution in [0.2, 0.25) is 0 Å². The number of hydrogen-bond acceptors (Lipinski definition) is 10. The number of hydrogen-bond donors (Lipinski definition) is 1. The van der Waals surface area contributed by atoms with E-state index in [0.29, 0.717) is 44.3 Å². The Morgan fingerprint density at radius 2 is 1.43 bits per heavy atom. The van der Waals surface area contributed by atoms with E-state index in [-0.39, 0.29) is 11.6 Å². The van der Waals surface area contributed by atoms with Crippen LogP contribution in [0.4, 0.5) is 0 Å². The average Bonchev–Trinajstić information content (AvgIpc) is 3.60. The molecule has 176 valence electrons. The Hall–Kier alpha value is -3.88. The van der Waals surface area contributed by atoms with Gasteiger partial charge in [-0.3, -0.25) is 9.59 Å². The zero-order valence-electron chi connectivity index (χ0n) is 18.7. The Bertz CT molecular complexity index is 1400. The van der Waals surface area contributed by atoms with Gasteiger partial charge in [0.25, 0.3) is 0 Å². The molecule has 9 nitrogen and oxygen atoms in total. The predicted octanol–water partition coefficient (Wildman–Crippen LogP) is 4.27. The summed E-state index contributed by atoms with van der Waals surface area (Å²) in [6.45, 7) is 0. The van der Waals surface area contributed by atoms with Crippen LogP contribution < -0.4 is 0 Å². The van der Waals surface area contributed by atoms with Gasteiger partial charge in [0.05, 0.1) is 39.3 Å². The number of para-hydroxylation sites is 2. The number of ketones is 2. The Balaban J connectivity index is 0.000000168. The molecule has 0 atom stereocenters. The molecule has 0 bridgehead atoms. The molecule has 35 heavy (non-hydrogen) atoms. The second kappa shape index (κ2) is 12.0. The highest BCUT2D eigenvalue weighted by Gasteiger charge is 2.10. The second-order valence-corrected chi connectivity index (χ2v) is 9.80. The van der Waals surface area contributed by atoms with Gasteiger partial charge in [-0.25, -0.2) is 9.97 Å². The predicted molar refractivity (Wildman–Crippen MR) is 134 cm³/mol. The lowest BCUT2D eigenvalue weighted by molar-refractivity contribution is -0.119. The Morgan fingerprint density at radius 3 is 1.94 bits per heavy atom. The summed E-state index contributed by atoms with van der Waals surface area (Å²) in [5.74, 6) is 0.794. The molecule has 1 N–H and O–H groups in total. The quantitative estimate of drug-likeness (QED) is 0.315.